The number of ether oxygens (including phenoxy) is 1. The zero-order valence-electron chi connectivity index (χ0n) is 16.4. The molecule has 2 nitrogen and oxygen atoms in total. The largest absolute Gasteiger partial charge is 0.494 e. The summed E-state index contributed by atoms with van der Waals surface area (Å²) in [7, 11) is 2.22. The lowest BCUT2D eigenvalue weighted by molar-refractivity contribution is 0.200. The van der Waals surface area contributed by atoms with Gasteiger partial charge >= 0.3 is 0 Å². The van der Waals surface area contributed by atoms with Crippen molar-refractivity contribution in [1.29, 1.82) is 0 Å². The Morgan fingerprint density at radius 1 is 1.19 bits per heavy atom. The standard InChI is InChI=1S/C23H32ClNO/c1-17-13-18(2)15-20(14-17)22-7-6-21(16-23(22)24)26-12-4-5-19-8-10-25(3)11-9-19/h6-7,13-14,16,19-20H,4-5,8-12,15H2,1-3H3. The molecule has 0 N–H and O–H groups in total. The van der Waals surface area contributed by atoms with Crippen molar-refractivity contribution in [1.82, 2.24) is 4.90 Å². The Bertz CT molecular complexity index is 671. The van der Waals surface area contributed by atoms with Crippen molar-refractivity contribution in [3.63, 3.8) is 0 Å². The van der Waals surface area contributed by atoms with Gasteiger partial charge in [0.05, 0.1) is 6.61 Å². The second kappa shape index (κ2) is 9.10. The lowest BCUT2D eigenvalue weighted by Gasteiger charge is -2.28. The summed E-state index contributed by atoms with van der Waals surface area (Å²) in [4.78, 5) is 2.43. The van der Waals surface area contributed by atoms with Gasteiger partial charge in [-0.2, -0.15) is 0 Å². The molecular formula is C23H32ClNO. The highest BCUT2D eigenvalue weighted by Crippen LogP contribution is 2.36. The van der Waals surface area contributed by atoms with Crippen LogP contribution in [0.5, 0.6) is 5.75 Å². The highest BCUT2D eigenvalue weighted by Gasteiger charge is 2.18. The van der Waals surface area contributed by atoms with Crippen molar-refractivity contribution in [3.8, 4) is 5.75 Å². The molecule has 0 radical (unpaired) electrons. The molecule has 1 saturated heterocycles. The summed E-state index contributed by atoms with van der Waals surface area (Å²) >= 11 is 6.57. The number of benzene rings is 1. The van der Waals surface area contributed by atoms with E-state index in [0.717, 1.165) is 36.1 Å². The summed E-state index contributed by atoms with van der Waals surface area (Å²) in [5.74, 6) is 2.15. The van der Waals surface area contributed by atoms with Crippen molar-refractivity contribution in [2.75, 3.05) is 26.7 Å². The van der Waals surface area contributed by atoms with Crippen LogP contribution in [0.1, 0.15) is 57.4 Å². The van der Waals surface area contributed by atoms with E-state index in [1.165, 1.54) is 49.1 Å². The number of allylic oxidation sites excluding steroid dienone is 4. The lowest BCUT2D eigenvalue weighted by atomic mass is 9.86. The van der Waals surface area contributed by atoms with E-state index in [2.05, 4.69) is 50.1 Å². The molecule has 3 rings (SSSR count). The van der Waals surface area contributed by atoms with Crippen LogP contribution < -0.4 is 4.74 Å². The Kier molecular flexibility index (Phi) is 6.83. The van der Waals surface area contributed by atoms with Crippen LogP contribution in [0.2, 0.25) is 5.02 Å². The van der Waals surface area contributed by atoms with Crippen LogP contribution in [-0.4, -0.2) is 31.6 Å². The second-order valence-electron chi connectivity index (χ2n) is 8.13. The zero-order valence-corrected chi connectivity index (χ0v) is 17.2. The molecule has 1 aliphatic carbocycles. The topological polar surface area (TPSA) is 12.5 Å². The minimum atomic E-state index is 0.381. The molecule has 0 saturated carbocycles. The molecule has 1 fully saturated rings. The molecule has 2 aliphatic rings. The maximum atomic E-state index is 6.57. The Morgan fingerprint density at radius 2 is 1.96 bits per heavy atom. The van der Waals surface area contributed by atoms with Gasteiger partial charge in [0.15, 0.2) is 0 Å². The number of rotatable bonds is 6. The van der Waals surface area contributed by atoms with Crippen LogP contribution in [0.3, 0.4) is 0 Å². The van der Waals surface area contributed by atoms with E-state index in [4.69, 9.17) is 16.3 Å². The highest BCUT2D eigenvalue weighted by molar-refractivity contribution is 6.31. The van der Waals surface area contributed by atoms with Crippen LogP contribution >= 0.6 is 11.6 Å². The molecule has 3 heteroatoms. The van der Waals surface area contributed by atoms with E-state index in [0.29, 0.717) is 5.92 Å². The fourth-order valence-corrected chi connectivity index (χ4v) is 4.54. The van der Waals surface area contributed by atoms with Crippen LogP contribution in [0.15, 0.2) is 41.5 Å². The van der Waals surface area contributed by atoms with Gasteiger partial charge in [-0.15, -0.1) is 0 Å². The molecule has 0 spiro atoms. The van der Waals surface area contributed by atoms with E-state index >= 15 is 0 Å². The first-order valence-electron chi connectivity index (χ1n) is 9.97. The first-order valence-corrected chi connectivity index (χ1v) is 10.4. The molecular weight excluding hydrogens is 342 g/mol. The van der Waals surface area contributed by atoms with E-state index in [1.807, 2.05) is 6.07 Å². The average Bonchev–Trinajstić information content (AvgIpc) is 2.59. The number of piperidine rings is 1. The average molecular weight is 374 g/mol. The predicted molar refractivity (Wildman–Crippen MR) is 111 cm³/mol. The van der Waals surface area contributed by atoms with Crippen LogP contribution in [-0.2, 0) is 0 Å². The van der Waals surface area contributed by atoms with E-state index in [9.17, 15) is 0 Å². The maximum absolute atomic E-state index is 6.57. The summed E-state index contributed by atoms with van der Waals surface area (Å²) in [6.45, 7) is 7.62. The van der Waals surface area contributed by atoms with Gasteiger partial charge in [0.1, 0.15) is 5.75 Å². The summed E-state index contributed by atoms with van der Waals surface area (Å²) in [5, 5.41) is 0.821. The molecule has 1 atom stereocenters. The Balaban J connectivity index is 1.48. The molecule has 1 aromatic rings. The molecule has 0 bridgehead atoms. The van der Waals surface area contributed by atoms with E-state index < -0.39 is 0 Å². The zero-order chi connectivity index (χ0) is 18.5. The Hall–Kier alpha value is -1.25. The van der Waals surface area contributed by atoms with Gasteiger partial charge in [0.2, 0.25) is 0 Å². The van der Waals surface area contributed by atoms with Crippen molar-refractivity contribution < 1.29 is 4.74 Å². The monoisotopic (exact) mass is 373 g/mol. The second-order valence-corrected chi connectivity index (χ2v) is 8.54. The quantitative estimate of drug-likeness (QED) is 0.548. The van der Waals surface area contributed by atoms with Gasteiger partial charge < -0.3 is 9.64 Å². The molecule has 1 aromatic carbocycles. The number of nitrogens with zero attached hydrogens (tertiary/aromatic N) is 1. The maximum Gasteiger partial charge on any atom is 0.120 e. The third kappa shape index (κ3) is 5.37. The number of halogens is 1. The van der Waals surface area contributed by atoms with Gasteiger partial charge in [-0.25, -0.2) is 0 Å². The number of hydrogen-bond donors (Lipinski definition) is 0. The molecule has 1 aliphatic heterocycles. The first-order chi connectivity index (χ1) is 12.5. The smallest absolute Gasteiger partial charge is 0.120 e. The van der Waals surface area contributed by atoms with Gasteiger partial charge in [-0.3, -0.25) is 0 Å². The minimum Gasteiger partial charge on any atom is -0.494 e. The Morgan fingerprint density at radius 3 is 2.65 bits per heavy atom. The number of hydrogen-bond acceptors (Lipinski definition) is 2. The van der Waals surface area contributed by atoms with Gasteiger partial charge in [0.25, 0.3) is 0 Å². The predicted octanol–water partition coefficient (Wildman–Crippen LogP) is 6.22. The van der Waals surface area contributed by atoms with Crippen molar-refractivity contribution in [2.24, 2.45) is 5.92 Å². The molecule has 0 amide bonds. The molecule has 1 heterocycles. The van der Waals surface area contributed by atoms with Crippen LogP contribution in [0.4, 0.5) is 0 Å². The molecule has 26 heavy (non-hydrogen) atoms. The molecule has 0 aromatic heterocycles. The fourth-order valence-electron chi connectivity index (χ4n) is 4.23. The summed E-state index contributed by atoms with van der Waals surface area (Å²) in [6.07, 6.45) is 10.7. The van der Waals surface area contributed by atoms with Crippen molar-refractivity contribution >= 4 is 11.6 Å². The van der Waals surface area contributed by atoms with Crippen LogP contribution in [0, 0.1) is 5.92 Å². The first kappa shape index (κ1) is 19.5. The van der Waals surface area contributed by atoms with Gasteiger partial charge in [-0.05, 0) is 89.7 Å². The van der Waals surface area contributed by atoms with E-state index in [-0.39, 0.29) is 0 Å². The highest BCUT2D eigenvalue weighted by atomic mass is 35.5. The Labute approximate surface area is 163 Å². The summed E-state index contributed by atoms with van der Waals surface area (Å²) in [6, 6.07) is 6.21. The third-order valence-corrected chi connectivity index (χ3v) is 6.04. The van der Waals surface area contributed by atoms with Gasteiger partial charge in [0, 0.05) is 10.9 Å². The SMILES string of the molecule is CC1=CC(c2ccc(OCCCC3CCN(C)CC3)cc2Cl)CC(C)=C1. The minimum absolute atomic E-state index is 0.381. The third-order valence-electron chi connectivity index (χ3n) is 5.71. The molecule has 142 valence electrons. The summed E-state index contributed by atoms with van der Waals surface area (Å²) < 4.78 is 5.96. The van der Waals surface area contributed by atoms with E-state index in [1.54, 1.807) is 0 Å². The van der Waals surface area contributed by atoms with Crippen molar-refractivity contribution in [2.45, 2.75) is 51.9 Å². The lowest BCUT2D eigenvalue weighted by Crippen LogP contribution is -2.30. The van der Waals surface area contributed by atoms with Crippen molar-refractivity contribution in [3.05, 3.63) is 52.1 Å². The fraction of sp³-hybridized carbons (Fsp3) is 0.565. The summed E-state index contributed by atoms with van der Waals surface area (Å²) in [5.41, 5.74) is 3.95. The number of likely N-dealkylation sites (tertiary alicyclic amines) is 1. The molecule has 1 unspecified atom stereocenters. The van der Waals surface area contributed by atoms with Crippen LogP contribution in [0.25, 0.3) is 0 Å². The van der Waals surface area contributed by atoms with Gasteiger partial charge in [-0.1, -0.05) is 41.0 Å². The normalized spacial score (nSPS) is 22.1.